The molecule has 0 fully saturated rings. The number of nitrogens with zero attached hydrogens (tertiary/aromatic N) is 2. The van der Waals surface area contributed by atoms with Gasteiger partial charge in [-0.05, 0) is 23.3 Å². The van der Waals surface area contributed by atoms with Gasteiger partial charge in [0.2, 0.25) is 5.91 Å². The Bertz CT molecular complexity index is 534. The first-order valence-electron chi connectivity index (χ1n) is 5.21. The SMILES string of the molecule is NC(=O)Cc1cnn(-c2cccc(CO)c2)c1. The molecule has 17 heavy (non-hydrogen) atoms. The fourth-order valence-electron chi connectivity index (χ4n) is 1.59. The molecule has 0 radical (unpaired) electrons. The smallest absolute Gasteiger partial charge is 0.221 e. The number of carbonyl (C=O) groups is 1. The molecule has 5 nitrogen and oxygen atoms in total. The minimum Gasteiger partial charge on any atom is -0.392 e. The van der Waals surface area contributed by atoms with Crippen molar-refractivity contribution in [3.8, 4) is 5.69 Å². The quantitative estimate of drug-likeness (QED) is 0.798. The van der Waals surface area contributed by atoms with E-state index in [0.717, 1.165) is 16.8 Å². The average molecular weight is 231 g/mol. The molecule has 0 aliphatic rings. The van der Waals surface area contributed by atoms with Gasteiger partial charge in [-0.1, -0.05) is 12.1 Å². The number of hydrogen-bond donors (Lipinski definition) is 2. The summed E-state index contributed by atoms with van der Waals surface area (Å²) in [5, 5.41) is 13.2. The third-order valence-corrected chi connectivity index (χ3v) is 2.37. The molecule has 0 saturated carbocycles. The molecule has 88 valence electrons. The molecular weight excluding hydrogens is 218 g/mol. The van der Waals surface area contributed by atoms with E-state index in [2.05, 4.69) is 5.10 Å². The Morgan fingerprint density at radius 2 is 2.24 bits per heavy atom. The Morgan fingerprint density at radius 3 is 2.94 bits per heavy atom. The number of aliphatic hydroxyl groups is 1. The van der Waals surface area contributed by atoms with E-state index in [-0.39, 0.29) is 18.9 Å². The van der Waals surface area contributed by atoms with Gasteiger partial charge in [-0.2, -0.15) is 5.10 Å². The first-order valence-corrected chi connectivity index (χ1v) is 5.21. The Kier molecular flexibility index (Phi) is 3.20. The van der Waals surface area contributed by atoms with Crippen LogP contribution in [0.25, 0.3) is 5.69 Å². The number of primary amides is 1. The van der Waals surface area contributed by atoms with E-state index in [1.807, 2.05) is 24.3 Å². The predicted octanol–water partition coefficient (Wildman–Crippen LogP) is 0.392. The van der Waals surface area contributed by atoms with E-state index < -0.39 is 0 Å². The first kappa shape index (κ1) is 11.3. The van der Waals surface area contributed by atoms with Crippen LogP contribution in [-0.2, 0) is 17.8 Å². The van der Waals surface area contributed by atoms with Crippen LogP contribution in [0.3, 0.4) is 0 Å². The molecule has 0 spiro atoms. The molecule has 0 aliphatic carbocycles. The van der Waals surface area contributed by atoms with E-state index in [9.17, 15) is 4.79 Å². The molecule has 0 unspecified atom stereocenters. The Morgan fingerprint density at radius 1 is 1.41 bits per heavy atom. The minimum atomic E-state index is -0.381. The molecule has 0 aliphatic heterocycles. The molecule has 0 atom stereocenters. The zero-order valence-electron chi connectivity index (χ0n) is 9.21. The average Bonchev–Trinajstić information content (AvgIpc) is 2.77. The second-order valence-electron chi connectivity index (χ2n) is 3.76. The summed E-state index contributed by atoms with van der Waals surface area (Å²) < 4.78 is 1.65. The van der Waals surface area contributed by atoms with Crippen molar-refractivity contribution in [2.45, 2.75) is 13.0 Å². The van der Waals surface area contributed by atoms with Crippen LogP contribution in [-0.4, -0.2) is 20.8 Å². The molecule has 3 N–H and O–H groups in total. The molecule has 1 aromatic heterocycles. The van der Waals surface area contributed by atoms with Gasteiger partial charge in [0.15, 0.2) is 0 Å². The number of amides is 1. The van der Waals surface area contributed by atoms with Crippen molar-refractivity contribution in [1.29, 1.82) is 0 Å². The molecular formula is C12H13N3O2. The third-order valence-electron chi connectivity index (χ3n) is 2.37. The number of benzene rings is 1. The van der Waals surface area contributed by atoms with Crippen molar-refractivity contribution in [2.24, 2.45) is 5.73 Å². The van der Waals surface area contributed by atoms with Crippen LogP contribution in [0.2, 0.25) is 0 Å². The summed E-state index contributed by atoms with van der Waals surface area (Å²) in [6.07, 6.45) is 3.54. The highest BCUT2D eigenvalue weighted by molar-refractivity contribution is 5.76. The topological polar surface area (TPSA) is 81.1 Å². The number of nitrogens with two attached hydrogens (primary N) is 1. The summed E-state index contributed by atoms with van der Waals surface area (Å²) in [5.74, 6) is -0.381. The fraction of sp³-hybridized carbons (Fsp3) is 0.167. The van der Waals surface area contributed by atoms with E-state index in [1.54, 1.807) is 17.1 Å². The Labute approximate surface area is 98.5 Å². The van der Waals surface area contributed by atoms with Gasteiger partial charge in [0.05, 0.1) is 24.9 Å². The summed E-state index contributed by atoms with van der Waals surface area (Å²) >= 11 is 0. The van der Waals surface area contributed by atoms with Crippen molar-refractivity contribution in [3.05, 3.63) is 47.8 Å². The number of aliphatic hydroxyl groups excluding tert-OH is 1. The standard InChI is InChI=1S/C12H13N3O2/c13-12(17)5-10-6-14-15(7-10)11-3-1-2-9(4-11)8-16/h1-4,6-7,16H,5,8H2,(H2,13,17). The van der Waals surface area contributed by atoms with E-state index in [1.165, 1.54) is 0 Å². The monoisotopic (exact) mass is 231 g/mol. The molecule has 1 heterocycles. The Hall–Kier alpha value is -2.14. The van der Waals surface area contributed by atoms with Crippen LogP contribution in [0.15, 0.2) is 36.7 Å². The number of carbonyl (C=O) groups excluding carboxylic acids is 1. The molecule has 1 amide bonds. The summed E-state index contributed by atoms with van der Waals surface area (Å²) in [4.78, 5) is 10.8. The molecule has 0 bridgehead atoms. The van der Waals surface area contributed by atoms with Gasteiger partial charge in [-0.25, -0.2) is 4.68 Å². The number of rotatable bonds is 4. The summed E-state index contributed by atoms with van der Waals surface area (Å²) in [6, 6.07) is 7.38. The second kappa shape index (κ2) is 4.80. The van der Waals surface area contributed by atoms with E-state index >= 15 is 0 Å². The van der Waals surface area contributed by atoms with Gasteiger partial charge >= 0.3 is 0 Å². The molecule has 0 saturated heterocycles. The Balaban J connectivity index is 2.26. The number of aromatic nitrogens is 2. The van der Waals surface area contributed by atoms with Crippen molar-refractivity contribution >= 4 is 5.91 Å². The highest BCUT2D eigenvalue weighted by Crippen LogP contribution is 2.11. The van der Waals surface area contributed by atoms with Crippen molar-refractivity contribution in [1.82, 2.24) is 9.78 Å². The lowest BCUT2D eigenvalue weighted by molar-refractivity contribution is -0.117. The van der Waals surface area contributed by atoms with Crippen molar-refractivity contribution < 1.29 is 9.90 Å². The maximum Gasteiger partial charge on any atom is 0.221 e. The van der Waals surface area contributed by atoms with Crippen molar-refractivity contribution in [3.63, 3.8) is 0 Å². The van der Waals surface area contributed by atoms with Gasteiger partial charge in [-0.15, -0.1) is 0 Å². The van der Waals surface area contributed by atoms with Crippen LogP contribution in [0.5, 0.6) is 0 Å². The van der Waals surface area contributed by atoms with Crippen LogP contribution < -0.4 is 5.73 Å². The lowest BCUT2D eigenvalue weighted by Crippen LogP contribution is -2.13. The van der Waals surface area contributed by atoms with Crippen LogP contribution in [0.4, 0.5) is 0 Å². The highest BCUT2D eigenvalue weighted by atomic mass is 16.3. The van der Waals surface area contributed by atoms with E-state index in [4.69, 9.17) is 10.8 Å². The van der Waals surface area contributed by atoms with E-state index in [0.29, 0.717) is 0 Å². The summed E-state index contributed by atoms with van der Waals surface area (Å²) in [7, 11) is 0. The third kappa shape index (κ3) is 2.70. The molecule has 1 aromatic carbocycles. The fourth-order valence-corrected chi connectivity index (χ4v) is 1.59. The number of hydrogen-bond acceptors (Lipinski definition) is 3. The molecule has 2 aromatic rings. The van der Waals surface area contributed by atoms with Crippen LogP contribution in [0, 0.1) is 0 Å². The predicted molar refractivity (Wildman–Crippen MR) is 62.4 cm³/mol. The maximum atomic E-state index is 10.8. The maximum absolute atomic E-state index is 10.8. The molecule has 5 heteroatoms. The largest absolute Gasteiger partial charge is 0.392 e. The van der Waals surface area contributed by atoms with Gasteiger partial charge in [0.1, 0.15) is 0 Å². The normalized spacial score (nSPS) is 10.4. The van der Waals surface area contributed by atoms with Crippen molar-refractivity contribution in [2.75, 3.05) is 0 Å². The lowest BCUT2D eigenvalue weighted by Gasteiger charge is -2.02. The molecule has 2 rings (SSSR count). The second-order valence-corrected chi connectivity index (χ2v) is 3.76. The zero-order valence-corrected chi connectivity index (χ0v) is 9.21. The first-order chi connectivity index (χ1) is 8.19. The summed E-state index contributed by atoms with van der Waals surface area (Å²) in [5.41, 5.74) is 7.53. The van der Waals surface area contributed by atoms with Crippen LogP contribution >= 0.6 is 0 Å². The zero-order chi connectivity index (χ0) is 12.3. The van der Waals surface area contributed by atoms with Gasteiger partial charge < -0.3 is 10.8 Å². The minimum absolute atomic E-state index is 0.0107. The van der Waals surface area contributed by atoms with Gasteiger partial charge in [0, 0.05) is 6.20 Å². The van der Waals surface area contributed by atoms with Gasteiger partial charge in [-0.3, -0.25) is 4.79 Å². The van der Waals surface area contributed by atoms with Gasteiger partial charge in [0.25, 0.3) is 0 Å². The van der Waals surface area contributed by atoms with Crippen LogP contribution in [0.1, 0.15) is 11.1 Å². The highest BCUT2D eigenvalue weighted by Gasteiger charge is 2.04. The summed E-state index contributed by atoms with van der Waals surface area (Å²) in [6.45, 7) is -0.0107. The lowest BCUT2D eigenvalue weighted by atomic mass is 10.2.